The minimum atomic E-state index is -0.288. The quantitative estimate of drug-likeness (QED) is 0.752. The molecule has 0 heterocycles. The molecule has 1 fully saturated rings. The van der Waals surface area contributed by atoms with Crippen LogP contribution in [0.15, 0.2) is 18.2 Å². The van der Waals surface area contributed by atoms with E-state index in [0.29, 0.717) is 24.9 Å². The molecule has 0 atom stereocenters. The van der Waals surface area contributed by atoms with Gasteiger partial charge in [0.15, 0.2) is 0 Å². The first-order chi connectivity index (χ1) is 10.1. The summed E-state index contributed by atoms with van der Waals surface area (Å²) in [5, 5.41) is 0. The number of hydrogen-bond donors (Lipinski definition) is 2. The summed E-state index contributed by atoms with van der Waals surface area (Å²) in [5.41, 5.74) is 13.0. The normalized spacial score (nSPS) is 15.5. The second-order valence-electron chi connectivity index (χ2n) is 5.61. The molecule has 1 aromatic carbocycles. The Labute approximate surface area is 126 Å². The van der Waals surface area contributed by atoms with Crippen molar-refractivity contribution in [2.75, 3.05) is 18.9 Å². The maximum Gasteiger partial charge on any atom is 0.231 e. The van der Waals surface area contributed by atoms with Crippen LogP contribution in [-0.2, 0) is 11.3 Å². The maximum atomic E-state index is 11.4. The molecule has 0 bridgehead atoms. The lowest BCUT2D eigenvalue weighted by atomic mass is 10.1. The highest BCUT2D eigenvalue weighted by molar-refractivity contribution is 5.76. The van der Waals surface area contributed by atoms with E-state index in [4.69, 9.17) is 16.2 Å². The molecule has 0 spiro atoms. The van der Waals surface area contributed by atoms with Gasteiger partial charge in [0.05, 0.1) is 13.2 Å². The second kappa shape index (κ2) is 7.31. The van der Waals surface area contributed by atoms with Gasteiger partial charge in [0.25, 0.3) is 0 Å². The number of nitrogen functional groups attached to an aromatic ring is 1. The third-order valence-corrected chi connectivity index (χ3v) is 3.96. The van der Waals surface area contributed by atoms with Gasteiger partial charge in [0, 0.05) is 23.8 Å². The number of primary amides is 1. The summed E-state index contributed by atoms with van der Waals surface area (Å²) in [7, 11) is 0. The van der Waals surface area contributed by atoms with E-state index in [2.05, 4.69) is 4.90 Å². The van der Waals surface area contributed by atoms with Crippen molar-refractivity contribution in [1.29, 1.82) is 0 Å². The van der Waals surface area contributed by atoms with Crippen molar-refractivity contribution >= 4 is 11.6 Å². The molecule has 0 radical (unpaired) electrons. The van der Waals surface area contributed by atoms with Crippen molar-refractivity contribution in [2.45, 2.75) is 45.2 Å². The second-order valence-corrected chi connectivity index (χ2v) is 5.61. The van der Waals surface area contributed by atoms with Crippen molar-refractivity contribution in [2.24, 2.45) is 5.73 Å². The van der Waals surface area contributed by atoms with Crippen LogP contribution in [0.3, 0.4) is 0 Å². The number of ether oxygens (including phenoxy) is 1. The van der Waals surface area contributed by atoms with Gasteiger partial charge in [-0.3, -0.25) is 9.69 Å². The molecule has 1 aliphatic carbocycles. The van der Waals surface area contributed by atoms with E-state index in [-0.39, 0.29) is 12.5 Å². The van der Waals surface area contributed by atoms with Gasteiger partial charge in [0.2, 0.25) is 5.91 Å². The Hall–Kier alpha value is -1.75. The third-order valence-electron chi connectivity index (χ3n) is 3.96. The van der Waals surface area contributed by atoms with E-state index in [9.17, 15) is 4.79 Å². The lowest BCUT2D eigenvalue weighted by Crippen LogP contribution is -2.39. The van der Waals surface area contributed by atoms with Crippen LogP contribution in [0.4, 0.5) is 5.69 Å². The number of benzene rings is 1. The molecule has 116 valence electrons. The number of nitrogens with zero attached hydrogens (tertiary/aromatic N) is 1. The molecule has 2 rings (SSSR count). The van der Waals surface area contributed by atoms with Crippen LogP contribution in [-0.4, -0.2) is 30.0 Å². The van der Waals surface area contributed by atoms with Gasteiger partial charge >= 0.3 is 0 Å². The van der Waals surface area contributed by atoms with Crippen molar-refractivity contribution in [3.63, 3.8) is 0 Å². The molecule has 1 saturated carbocycles. The molecule has 1 aliphatic rings. The molecule has 1 aromatic rings. The molecular formula is C16H25N3O2. The Bertz CT molecular complexity index is 484. The van der Waals surface area contributed by atoms with E-state index < -0.39 is 0 Å². The lowest BCUT2D eigenvalue weighted by Gasteiger charge is -2.28. The molecule has 1 amide bonds. The fourth-order valence-corrected chi connectivity index (χ4v) is 3.02. The van der Waals surface area contributed by atoms with Gasteiger partial charge in [0.1, 0.15) is 5.75 Å². The largest absolute Gasteiger partial charge is 0.494 e. The number of carbonyl (C=O) groups is 1. The van der Waals surface area contributed by atoms with Crippen molar-refractivity contribution in [3.05, 3.63) is 23.8 Å². The van der Waals surface area contributed by atoms with Gasteiger partial charge in [-0.1, -0.05) is 12.8 Å². The highest BCUT2D eigenvalue weighted by Crippen LogP contribution is 2.28. The topological polar surface area (TPSA) is 81.6 Å². The molecule has 5 heteroatoms. The highest BCUT2D eigenvalue weighted by Gasteiger charge is 2.24. The van der Waals surface area contributed by atoms with E-state index >= 15 is 0 Å². The number of hydrogen-bond acceptors (Lipinski definition) is 4. The van der Waals surface area contributed by atoms with Crippen LogP contribution >= 0.6 is 0 Å². The molecule has 4 N–H and O–H groups in total. The lowest BCUT2D eigenvalue weighted by molar-refractivity contribution is -0.119. The van der Waals surface area contributed by atoms with Crippen LogP contribution in [0.25, 0.3) is 0 Å². The van der Waals surface area contributed by atoms with Crippen LogP contribution in [0.1, 0.15) is 38.2 Å². The number of rotatable bonds is 7. The number of anilines is 1. The Morgan fingerprint density at radius 2 is 2.10 bits per heavy atom. The van der Waals surface area contributed by atoms with E-state index in [0.717, 1.165) is 24.2 Å². The van der Waals surface area contributed by atoms with Crippen molar-refractivity contribution < 1.29 is 9.53 Å². The Balaban J connectivity index is 2.18. The van der Waals surface area contributed by atoms with E-state index in [1.54, 1.807) is 0 Å². The van der Waals surface area contributed by atoms with E-state index in [1.807, 2.05) is 25.1 Å². The summed E-state index contributed by atoms with van der Waals surface area (Å²) in [6, 6.07) is 6.08. The summed E-state index contributed by atoms with van der Waals surface area (Å²) in [5.74, 6) is 0.544. The molecule has 0 aromatic heterocycles. The smallest absolute Gasteiger partial charge is 0.231 e. The van der Waals surface area contributed by atoms with Gasteiger partial charge in [-0.15, -0.1) is 0 Å². The maximum absolute atomic E-state index is 11.4. The first kappa shape index (κ1) is 15.6. The van der Waals surface area contributed by atoms with Crippen molar-refractivity contribution in [1.82, 2.24) is 4.90 Å². The van der Waals surface area contributed by atoms with Crippen LogP contribution in [0.5, 0.6) is 5.75 Å². The molecule has 0 saturated heterocycles. The minimum Gasteiger partial charge on any atom is -0.494 e. The zero-order valence-electron chi connectivity index (χ0n) is 12.7. The molecular weight excluding hydrogens is 266 g/mol. The average Bonchev–Trinajstić information content (AvgIpc) is 2.94. The summed E-state index contributed by atoms with van der Waals surface area (Å²) in [6.45, 7) is 3.49. The van der Waals surface area contributed by atoms with E-state index in [1.165, 1.54) is 12.8 Å². The number of nitrogens with two attached hydrogens (primary N) is 2. The summed E-state index contributed by atoms with van der Waals surface area (Å²) < 4.78 is 5.66. The van der Waals surface area contributed by atoms with Gasteiger partial charge in [-0.2, -0.15) is 0 Å². The van der Waals surface area contributed by atoms with Crippen LogP contribution in [0.2, 0.25) is 0 Å². The van der Waals surface area contributed by atoms with Gasteiger partial charge in [-0.25, -0.2) is 0 Å². The highest BCUT2D eigenvalue weighted by atomic mass is 16.5. The Morgan fingerprint density at radius 1 is 1.38 bits per heavy atom. The summed E-state index contributed by atoms with van der Waals surface area (Å²) >= 11 is 0. The molecule has 0 unspecified atom stereocenters. The Kier molecular flexibility index (Phi) is 5.44. The Morgan fingerprint density at radius 3 is 2.71 bits per heavy atom. The predicted molar refractivity (Wildman–Crippen MR) is 83.9 cm³/mol. The number of amides is 1. The predicted octanol–water partition coefficient (Wildman–Crippen LogP) is 1.90. The van der Waals surface area contributed by atoms with Gasteiger partial charge in [-0.05, 0) is 38.0 Å². The third kappa shape index (κ3) is 4.36. The number of carbonyl (C=O) groups excluding carboxylic acids is 1. The fraction of sp³-hybridized carbons (Fsp3) is 0.562. The summed E-state index contributed by atoms with van der Waals surface area (Å²) in [6.07, 6.45) is 4.68. The first-order valence-corrected chi connectivity index (χ1v) is 7.63. The summed E-state index contributed by atoms with van der Waals surface area (Å²) in [4.78, 5) is 13.5. The zero-order chi connectivity index (χ0) is 15.2. The minimum absolute atomic E-state index is 0.283. The molecule has 21 heavy (non-hydrogen) atoms. The van der Waals surface area contributed by atoms with Gasteiger partial charge < -0.3 is 16.2 Å². The molecule has 5 nitrogen and oxygen atoms in total. The molecule has 0 aliphatic heterocycles. The first-order valence-electron chi connectivity index (χ1n) is 7.63. The monoisotopic (exact) mass is 291 g/mol. The van der Waals surface area contributed by atoms with Crippen LogP contribution < -0.4 is 16.2 Å². The average molecular weight is 291 g/mol. The van der Waals surface area contributed by atoms with Crippen molar-refractivity contribution in [3.8, 4) is 5.75 Å². The SMILES string of the molecule is CCOc1ccc(N)cc1CN(CC(N)=O)C1CCCC1. The van der Waals surface area contributed by atoms with Crippen LogP contribution in [0, 0.1) is 0 Å². The standard InChI is InChI=1S/C16H25N3O2/c1-2-21-15-8-7-13(17)9-12(15)10-19(11-16(18)20)14-5-3-4-6-14/h7-9,14H,2-6,10-11,17H2,1H3,(H2,18,20). The zero-order valence-corrected chi connectivity index (χ0v) is 12.7. The fourth-order valence-electron chi connectivity index (χ4n) is 3.02.